The maximum Gasteiger partial charge on any atom is 0.190 e. The summed E-state index contributed by atoms with van der Waals surface area (Å²) in [4.78, 5) is 15.5. The fourth-order valence-corrected chi connectivity index (χ4v) is 2.36. The number of hydrogen-bond donors (Lipinski definition) is 1. The zero-order chi connectivity index (χ0) is 14.1. The normalized spacial score (nSPS) is 10.7. The average Bonchev–Trinajstić information content (AvgIpc) is 2.48. The number of hydrogen-bond acceptors (Lipinski definition) is 2. The number of para-hydroxylation sites is 1. The van der Waals surface area contributed by atoms with Gasteiger partial charge < -0.3 is 9.72 Å². The molecule has 1 heterocycles. The Labute approximate surface area is 116 Å². The molecule has 1 aromatic heterocycles. The number of ether oxygens (including phenoxy) is 1. The molecule has 1 N–H and O–H groups in total. The van der Waals surface area contributed by atoms with Gasteiger partial charge in [-0.1, -0.05) is 18.2 Å². The van der Waals surface area contributed by atoms with Crippen LogP contribution in [0.25, 0.3) is 22.2 Å². The number of benzene rings is 2. The zero-order valence-electron chi connectivity index (χ0n) is 11.4. The molecule has 0 radical (unpaired) electrons. The van der Waals surface area contributed by atoms with Gasteiger partial charge in [0.05, 0.1) is 12.8 Å². The molecule has 20 heavy (non-hydrogen) atoms. The van der Waals surface area contributed by atoms with Crippen molar-refractivity contribution in [3.05, 3.63) is 64.3 Å². The molecule has 3 aromatic rings. The van der Waals surface area contributed by atoms with Crippen molar-refractivity contribution < 1.29 is 4.74 Å². The maximum absolute atomic E-state index is 12.2. The summed E-state index contributed by atoms with van der Waals surface area (Å²) in [5.74, 6) is 0.777. The number of aryl methyl sites for hydroxylation is 1. The Balaban J connectivity index is 2.27. The van der Waals surface area contributed by atoms with E-state index in [4.69, 9.17) is 4.74 Å². The minimum absolute atomic E-state index is 0.0246. The van der Waals surface area contributed by atoms with Gasteiger partial charge in [-0.05, 0) is 36.8 Å². The molecule has 3 rings (SSSR count). The van der Waals surface area contributed by atoms with E-state index in [-0.39, 0.29) is 5.43 Å². The Morgan fingerprint density at radius 2 is 1.85 bits per heavy atom. The van der Waals surface area contributed by atoms with Crippen LogP contribution in [0.1, 0.15) is 5.56 Å². The van der Waals surface area contributed by atoms with Crippen LogP contribution in [-0.2, 0) is 0 Å². The van der Waals surface area contributed by atoms with E-state index in [9.17, 15) is 4.79 Å². The highest BCUT2D eigenvalue weighted by atomic mass is 16.5. The summed E-state index contributed by atoms with van der Waals surface area (Å²) < 4.78 is 5.26. The van der Waals surface area contributed by atoms with Gasteiger partial charge in [0.25, 0.3) is 0 Å². The summed E-state index contributed by atoms with van der Waals surface area (Å²) in [5.41, 5.74) is 3.75. The third-order valence-corrected chi connectivity index (χ3v) is 3.47. The molecular formula is C17H15NO2. The third-order valence-electron chi connectivity index (χ3n) is 3.47. The average molecular weight is 265 g/mol. The number of fused-ring (bicyclic) bond motifs is 1. The van der Waals surface area contributed by atoms with Crippen LogP contribution in [0.5, 0.6) is 5.75 Å². The number of rotatable bonds is 2. The number of aromatic nitrogens is 1. The lowest BCUT2D eigenvalue weighted by Crippen LogP contribution is -2.03. The molecule has 100 valence electrons. The van der Waals surface area contributed by atoms with Crippen LogP contribution < -0.4 is 10.2 Å². The van der Waals surface area contributed by atoms with Gasteiger partial charge in [-0.15, -0.1) is 0 Å². The van der Waals surface area contributed by atoms with Gasteiger partial charge in [0, 0.05) is 22.5 Å². The smallest absolute Gasteiger partial charge is 0.190 e. The largest absolute Gasteiger partial charge is 0.497 e. The zero-order valence-corrected chi connectivity index (χ0v) is 11.4. The number of H-pyrrole nitrogens is 1. The van der Waals surface area contributed by atoms with Gasteiger partial charge in [-0.25, -0.2) is 0 Å². The van der Waals surface area contributed by atoms with Crippen LogP contribution in [0.2, 0.25) is 0 Å². The van der Waals surface area contributed by atoms with E-state index in [1.807, 2.05) is 49.4 Å². The quantitative estimate of drug-likeness (QED) is 0.770. The topological polar surface area (TPSA) is 42.1 Å². The molecule has 0 saturated heterocycles. The minimum atomic E-state index is 0.0246. The molecule has 0 aliphatic rings. The highest BCUT2D eigenvalue weighted by molar-refractivity contribution is 5.81. The predicted octanol–water partition coefficient (Wildman–Crippen LogP) is 3.51. The van der Waals surface area contributed by atoms with Crippen molar-refractivity contribution in [3.63, 3.8) is 0 Å². The third kappa shape index (κ3) is 2.07. The van der Waals surface area contributed by atoms with E-state index in [1.165, 1.54) is 0 Å². The molecule has 3 nitrogen and oxygen atoms in total. The Kier molecular flexibility index (Phi) is 3.03. The lowest BCUT2D eigenvalue weighted by Gasteiger charge is -2.09. The number of nitrogens with one attached hydrogen (secondary N) is 1. The molecule has 0 aliphatic heterocycles. The van der Waals surface area contributed by atoms with Crippen molar-refractivity contribution in [3.8, 4) is 17.0 Å². The van der Waals surface area contributed by atoms with Crippen molar-refractivity contribution in [2.24, 2.45) is 0 Å². The molecule has 0 aliphatic carbocycles. The molecule has 0 spiro atoms. The Morgan fingerprint density at radius 1 is 1.05 bits per heavy atom. The Hall–Kier alpha value is -2.55. The Morgan fingerprint density at radius 3 is 2.65 bits per heavy atom. The molecule has 2 aromatic carbocycles. The molecule has 0 fully saturated rings. The molecule has 0 bridgehead atoms. The van der Waals surface area contributed by atoms with E-state index in [0.717, 1.165) is 28.1 Å². The van der Waals surface area contributed by atoms with Gasteiger partial charge in [-0.2, -0.15) is 0 Å². The molecular weight excluding hydrogens is 250 g/mol. The molecule has 3 heteroatoms. The van der Waals surface area contributed by atoms with Crippen LogP contribution >= 0.6 is 0 Å². The molecule has 0 unspecified atom stereocenters. The monoisotopic (exact) mass is 265 g/mol. The second-order valence-electron chi connectivity index (χ2n) is 4.77. The molecule has 0 atom stereocenters. The number of pyridine rings is 1. The van der Waals surface area contributed by atoms with Crippen molar-refractivity contribution in [2.45, 2.75) is 6.92 Å². The van der Waals surface area contributed by atoms with Crippen LogP contribution in [0, 0.1) is 6.92 Å². The van der Waals surface area contributed by atoms with Crippen molar-refractivity contribution in [1.29, 1.82) is 0 Å². The summed E-state index contributed by atoms with van der Waals surface area (Å²) >= 11 is 0. The first-order valence-corrected chi connectivity index (χ1v) is 6.46. The van der Waals surface area contributed by atoms with Gasteiger partial charge in [0.1, 0.15) is 5.75 Å². The molecule has 0 amide bonds. The first-order valence-electron chi connectivity index (χ1n) is 6.46. The van der Waals surface area contributed by atoms with Crippen molar-refractivity contribution in [1.82, 2.24) is 4.98 Å². The second-order valence-corrected chi connectivity index (χ2v) is 4.77. The second kappa shape index (κ2) is 4.85. The van der Waals surface area contributed by atoms with E-state index < -0.39 is 0 Å². The van der Waals surface area contributed by atoms with Gasteiger partial charge >= 0.3 is 0 Å². The standard InChI is InChI=1S/C17H15NO2/c1-11-7-8-12(20-2)9-14(11)16-10-17(19)13-5-3-4-6-15(13)18-16/h3-10H,1-2H3,(H,18,19). The van der Waals surface area contributed by atoms with Gasteiger partial charge in [0.2, 0.25) is 0 Å². The lowest BCUT2D eigenvalue weighted by atomic mass is 10.0. The first-order chi connectivity index (χ1) is 9.69. The summed E-state index contributed by atoms with van der Waals surface area (Å²) in [6.45, 7) is 2.02. The first kappa shape index (κ1) is 12.5. The van der Waals surface area contributed by atoms with Crippen molar-refractivity contribution >= 4 is 10.9 Å². The SMILES string of the molecule is COc1ccc(C)c(-c2cc(=O)c3ccccc3[nH]2)c1. The Bertz CT molecular complexity index is 834. The number of methoxy groups -OCH3 is 1. The van der Waals surface area contributed by atoms with Crippen LogP contribution in [0.15, 0.2) is 53.3 Å². The highest BCUT2D eigenvalue weighted by Gasteiger charge is 2.07. The summed E-state index contributed by atoms with van der Waals surface area (Å²) in [5, 5.41) is 0.705. The maximum atomic E-state index is 12.2. The van der Waals surface area contributed by atoms with Gasteiger partial charge in [0.15, 0.2) is 5.43 Å². The predicted molar refractivity (Wildman–Crippen MR) is 81.3 cm³/mol. The summed E-state index contributed by atoms with van der Waals surface area (Å²) in [6, 6.07) is 15.0. The van der Waals surface area contributed by atoms with E-state index in [1.54, 1.807) is 13.2 Å². The van der Waals surface area contributed by atoms with E-state index in [0.29, 0.717) is 5.39 Å². The van der Waals surface area contributed by atoms with Crippen molar-refractivity contribution in [2.75, 3.05) is 7.11 Å². The number of aromatic amines is 1. The minimum Gasteiger partial charge on any atom is -0.497 e. The summed E-state index contributed by atoms with van der Waals surface area (Å²) in [6.07, 6.45) is 0. The van der Waals surface area contributed by atoms with Crippen LogP contribution in [-0.4, -0.2) is 12.1 Å². The summed E-state index contributed by atoms with van der Waals surface area (Å²) in [7, 11) is 1.64. The lowest BCUT2D eigenvalue weighted by molar-refractivity contribution is 0.415. The fraction of sp³-hybridized carbons (Fsp3) is 0.118. The highest BCUT2D eigenvalue weighted by Crippen LogP contribution is 2.26. The van der Waals surface area contributed by atoms with Crippen LogP contribution in [0.4, 0.5) is 0 Å². The molecule has 0 saturated carbocycles. The van der Waals surface area contributed by atoms with Crippen LogP contribution in [0.3, 0.4) is 0 Å². The van der Waals surface area contributed by atoms with E-state index in [2.05, 4.69) is 4.98 Å². The van der Waals surface area contributed by atoms with Gasteiger partial charge in [-0.3, -0.25) is 4.79 Å². The fourth-order valence-electron chi connectivity index (χ4n) is 2.36. The van der Waals surface area contributed by atoms with E-state index >= 15 is 0 Å².